The Labute approximate surface area is 128 Å². The maximum Gasteiger partial charge on any atom is 0.224 e. The summed E-state index contributed by atoms with van der Waals surface area (Å²) in [6.07, 6.45) is 4.15. The van der Waals surface area contributed by atoms with E-state index in [1.54, 1.807) is 0 Å². The largest absolute Gasteiger partial charge is 0.349 e. The van der Waals surface area contributed by atoms with Crippen molar-refractivity contribution in [2.75, 3.05) is 0 Å². The van der Waals surface area contributed by atoms with E-state index in [0.29, 0.717) is 11.8 Å². The highest BCUT2D eigenvalue weighted by Crippen LogP contribution is 2.69. The summed E-state index contributed by atoms with van der Waals surface area (Å²) in [5, 5.41) is 3.22. The Hall–Kier alpha value is -0.830. The van der Waals surface area contributed by atoms with E-state index in [4.69, 9.17) is 0 Å². The van der Waals surface area contributed by atoms with Gasteiger partial charge in [0.05, 0.1) is 6.04 Å². The highest BCUT2D eigenvalue weighted by Gasteiger charge is 2.67. The van der Waals surface area contributed by atoms with Gasteiger partial charge in [-0.15, -0.1) is 0 Å². The highest BCUT2D eigenvalue weighted by molar-refractivity contribution is 9.10. The van der Waals surface area contributed by atoms with Crippen molar-refractivity contribution in [3.63, 3.8) is 0 Å². The predicted molar refractivity (Wildman–Crippen MR) is 82.0 cm³/mol. The normalized spacial score (nSPS) is 38.4. The van der Waals surface area contributed by atoms with Crippen LogP contribution < -0.4 is 5.32 Å². The molecule has 0 spiro atoms. The SMILES string of the molecule is CC(NC(=O)C1C2C3CCC(C3)C12)c1ccc(Br)cc1. The Bertz CT molecular complexity index is 524. The Balaban J connectivity index is 1.40. The van der Waals surface area contributed by atoms with Crippen molar-refractivity contribution in [3.8, 4) is 0 Å². The summed E-state index contributed by atoms with van der Waals surface area (Å²) in [4.78, 5) is 12.5. The van der Waals surface area contributed by atoms with Gasteiger partial charge in [0, 0.05) is 10.4 Å². The van der Waals surface area contributed by atoms with Gasteiger partial charge >= 0.3 is 0 Å². The van der Waals surface area contributed by atoms with Gasteiger partial charge in [0.1, 0.15) is 0 Å². The molecule has 0 aromatic heterocycles. The first kappa shape index (κ1) is 12.9. The number of nitrogens with one attached hydrogen (secondary N) is 1. The molecule has 2 nitrogen and oxygen atoms in total. The van der Waals surface area contributed by atoms with Crippen LogP contribution in [0.15, 0.2) is 28.7 Å². The van der Waals surface area contributed by atoms with Crippen LogP contribution in [0.25, 0.3) is 0 Å². The quantitative estimate of drug-likeness (QED) is 0.892. The van der Waals surface area contributed by atoms with Gasteiger partial charge in [0.25, 0.3) is 0 Å². The second kappa shape index (κ2) is 4.59. The number of benzene rings is 1. The molecule has 1 aromatic carbocycles. The first-order chi connectivity index (χ1) is 9.65. The first-order valence-corrected chi connectivity index (χ1v) is 8.50. The molecule has 5 atom stereocenters. The number of amides is 1. The van der Waals surface area contributed by atoms with Crippen molar-refractivity contribution in [1.29, 1.82) is 0 Å². The van der Waals surface area contributed by atoms with Crippen LogP contribution in [0.3, 0.4) is 0 Å². The molecule has 20 heavy (non-hydrogen) atoms. The van der Waals surface area contributed by atoms with Gasteiger partial charge in [-0.3, -0.25) is 4.79 Å². The van der Waals surface area contributed by atoms with Crippen molar-refractivity contribution in [2.24, 2.45) is 29.6 Å². The topological polar surface area (TPSA) is 29.1 Å². The van der Waals surface area contributed by atoms with Crippen molar-refractivity contribution in [1.82, 2.24) is 5.32 Å². The molecule has 1 amide bonds. The van der Waals surface area contributed by atoms with Crippen molar-refractivity contribution in [3.05, 3.63) is 34.3 Å². The first-order valence-electron chi connectivity index (χ1n) is 7.71. The molecule has 3 aliphatic rings. The fraction of sp³-hybridized carbons (Fsp3) is 0.588. The van der Waals surface area contributed by atoms with Crippen LogP contribution in [0.5, 0.6) is 0 Å². The molecule has 3 aliphatic carbocycles. The zero-order valence-electron chi connectivity index (χ0n) is 11.7. The molecule has 1 aromatic rings. The molecular weight excluding hydrogens is 314 g/mol. The van der Waals surface area contributed by atoms with E-state index in [1.807, 2.05) is 12.1 Å². The number of hydrogen-bond acceptors (Lipinski definition) is 1. The molecular formula is C17H20BrNO. The number of hydrogen-bond donors (Lipinski definition) is 1. The minimum atomic E-state index is 0.106. The van der Waals surface area contributed by atoms with E-state index >= 15 is 0 Å². The lowest BCUT2D eigenvalue weighted by molar-refractivity contribution is -0.124. The Kier molecular flexibility index (Phi) is 2.95. The highest BCUT2D eigenvalue weighted by atomic mass is 79.9. The van der Waals surface area contributed by atoms with E-state index in [1.165, 1.54) is 24.8 Å². The molecule has 3 heteroatoms. The van der Waals surface area contributed by atoms with E-state index in [2.05, 4.69) is 40.3 Å². The second-order valence-corrected chi connectivity index (χ2v) is 7.71. The molecule has 0 radical (unpaired) electrons. The Morgan fingerprint density at radius 2 is 1.80 bits per heavy atom. The molecule has 0 aliphatic heterocycles. The summed E-state index contributed by atoms with van der Waals surface area (Å²) in [5.41, 5.74) is 1.18. The molecule has 3 saturated carbocycles. The van der Waals surface area contributed by atoms with Crippen molar-refractivity contribution in [2.45, 2.75) is 32.2 Å². The third kappa shape index (κ3) is 1.93. The average molecular weight is 334 g/mol. The standard InChI is InChI=1S/C17H20BrNO/c1-9(10-4-6-13(18)7-5-10)19-17(20)16-14-11-2-3-12(8-11)15(14)16/h4-7,9,11-12,14-16H,2-3,8H2,1H3,(H,19,20). The fourth-order valence-electron chi connectivity index (χ4n) is 4.82. The van der Waals surface area contributed by atoms with Gasteiger partial charge in [-0.1, -0.05) is 28.1 Å². The summed E-state index contributed by atoms with van der Waals surface area (Å²) in [6, 6.07) is 8.32. The summed E-state index contributed by atoms with van der Waals surface area (Å²) in [5.74, 6) is 3.82. The van der Waals surface area contributed by atoms with Crippen LogP contribution in [0, 0.1) is 29.6 Å². The average Bonchev–Trinajstić information content (AvgIpc) is 2.89. The van der Waals surface area contributed by atoms with E-state index in [-0.39, 0.29) is 6.04 Å². The summed E-state index contributed by atoms with van der Waals surface area (Å²) < 4.78 is 1.08. The monoisotopic (exact) mass is 333 g/mol. The molecule has 2 bridgehead atoms. The minimum Gasteiger partial charge on any atom is -0.349 e. The van der Waals surface area contributed by atoms with Gasteiger partial charge in [-0.25, -0.2) is 0 Å². The van der Waals surface area contributed by atoms with E-state index in [9.17, 15) is 4.79 Å². The zero-order valence-corrected chi connectivity index (χ0v) is 13.3. The molecule has 4 rings (SSSR count). The third-order valence-corrected chi connectivity index (χ3v) is 6.30. The number of carbonyl (C=O) groups is 1. The zero-order chi connectivity index (χ0) is 13.9. The van der Waals surface area contributed by atoms with E-state index < -0.39 is 0 Å². The van der Waals surface area contributed by atoms with Gasteiger partial charge in [0.15, 0.2) is 0 Å². The van der Waals surface area contributed by atoms with Gasteiger partial charge in [-0.05, 0) is 67.6 Å². The fourth-order valence-corrected chi connectivity index (χ4v) is 5.08. The molecule has 5 unspecified atom stereocenters. The molecule has 0 heterocycles. The Morgan fingerprint density at radius 3 is 2.40 bits per heavy atom. The van der Waals surface area contributed by atoms with Crippen LogP contribution in [0.1, 0.15) is 37.8 Å². The van der Waals surface area contributed by atoms with Crippen LogP contribution in [0.2, 0.25) is 0 Å². The van der Waals surface area contributed by atoms with Crippen LogP contribution >= 0.6 is 15.9 Å². The molecule has 1 N–H and O–H groups in total. The van der Waals surface area contributed by atoms with Gasteiger partial charge in [0.2, 0.25) is 5.91 Å². The molecule has 0 saturated heterocycles. The van der Waals surface area contributed by atoms with Crippen LogP contribution in [0.4, 0.5) is 0 Å². The van der Waals surface area contributed by atoms with E-state index in [0.717, 1.165) is 28.1 Å². The predicted octanol–water partition coefficient (Wildman–Crippen LogP) is 3.92. The Morgan fingerprint density at radius 1 is 1.20 bits per heavy atom. The van der Waals surface area contributed by atoms with Crippen molar-refractivity contribution < 1.29 is 4.79 Å². The lowest BCUT2D eigenvalue weighted by atomic mass is 10.0. The number of rotatable bonds is 3. The minimum absolute atomic E-state index is 0.106. The number of fused-ring (bicyclic) bond motifs is 5. The molecule has 106 valence electrons. The number of carbonyl (C=O) groups excluding carboxylic acids is 1. The maximum absolute atomic E-state index is 12.5. The third-order valence-electron chi connectivity index (χ3n) is 5.77. The lowest BCUT2D eigenvalue weighted by Crippen LogP contribution is -2.30. The number of halogens is 1. The van der Waals surface area contributed by atoms with Crippen LogP contribution in [-0.2, 0) is 4.79 Å². The summed E-state index contributed by atoms with van der Waals surface area (Å²) in [7, 11) is 0. The molecule has 3 fully saturated rings. The maximum atomic E-state index is 12.5. The smallest absolute Gasteiger partial charge is 0.224 e. The van der Waals surface area contributed by atoms with Crippen molar-refractivity contribution >= 4 is 21.8 Å². The van der Waals surface area contributed by atoms with Gasteiger partial charge < -0.3 is 5.32 Å². The summed E-state index contributed by atoms with van der Waals surface area (Å²) in [6.45, 7) is 2.08. The second-order valence-electron chi connectivity index (χ2n) is 6.80. The van der Waals surface area contributed by atoms with Crippen LogP contribution in [-0.4, -0.2) is 5.91 Å². The van der Waals surface area contributed by atoms with Gasteiger partial charge in [-0.2, -0.15) is 0 Å². The summed E-state index contributed by atoms with van der Waals surface area (Å²) >= 11 is 3.44. The lowest BCUT2D eigenvalue weighted by Gasteiger charge is -2.16.